The number of fused-ring (bicyclic) bond motifs is 3. The van der Waals surface area contributed by atoms with E-state index in [9.17, 15) is 9.90 Å². The first kappa shape index (κ1) is 23.0. The van der Waals surface area contributed by atoms with Crippen LogP contribution < -0.4 is 0 Å². The largest absolute Gasteiger partial charge is 0.500 e. The van der Waals surface area contributed by atoms with Crippen LogP contribution >= 0.6 is 0 Å². The predicted molar refractivity (Wildman–Crippen MR) is 120 cm³/mol. The lowest BCUT2D eigenvalue weighted by molar-refractivity contribution is 0.0696. The van der Waals surface area contributed by atoms with E-state index in [1.54, 1.807) is 6.07 Å². The van der Waals surface area contributed by atoms with Gasteiger partial charge in [-0.15, -0.1) is 0 Å². The zero-order valence-electron chi connectivity index (χ0n) is 17.6. The summed E-state index contributed by atoms with van der Waals surface area (Å²) in [6.45, 7) is 9.95. The molecule has 0 bridgehead atoms. The van der Waals surface area contributed by atoms with E-state index in [0.29, 0.717) is 25.4 Å². The average Bonchev–Trinajstić information content (AvgIpc) is 2.74. The average molecular weight is 415 g/mol. The Hall–Kier alpha value is -2.25. The minimum Gasteiger partial charge on any atom is -0.478 e. The quantitative estimate of drug-likeness (QED) is 0.376. The minimum atomic E-state index is -2.27. The number of aromatic carboxylic acids is 1. The highest BCUT2D eigenvalue weighted by atomic mass is 28.4. The molecule has 0 saturated heterocycles. The summed E-state index contributed by atoms with van der Waals surface area (Å²) in [6.07, 6.45) is 0. The lowest BCUT2D eigenvalue weighted by atomic mass is 9.97. The highest BCUT2D eigenvalue weighted by Gasteiger charge is 2.37. The molecule has 0 amide bonds. The van der Waals surface area contributed by atoms with Crippen molar-refractivity contribution in [2.45, 2.75) is 33.7 Å². The Bertz CT molecular complexity index is 924. The van der Waals surface area contributed by atoms with Crippen molar-refractivity contribution < 1.29 is 23.2 Å². The molecule has 5 nitrogen and oxygen atoms in total. The molecule has 0 aliphatic carbocycles. The van der Waals surface area contributed by atoms with Crippen LogP contribution in [0.3, 0.4) is 0 Å². The number of carboxylic acids is 1. The van der Waals surface area contributed by atoms with Crippen molar-refractivity contribution in [2.24, 2.45) is 0 Å². The van der Waals surface area contributed by atoms with Crippen LogP contribution in [-0.4, -0.2) is 39.7 Å². The molecule has 156 valence electrons. The molecule has 3 aromatic rings. The van der Waals surface area contributed by atoms with Crippen molar-refractivity contribution in [3.8, 4) is 0 Å². The lowest BCUT2D eigenvalue weighted by Crippen LogP contribution is -2.45. The van der Waals surface area contributed by atoms with Gasteiger partial charge < -0.3 is 18.4 Å². The summed E-state index contributed by atoms with van der Waals surface area (Å²) in [5.74, 6) is -0.882. The third kappa shape index (κ3) is 5.64. The molecular weight excluding hydrogens is 384 g/mol. The molecule has 0 aromatic heterocycles. The van der Waals surface area contributed by atoms with E-state index >= 15 is 0 Å². The number of carboxylic acid groups (broad SMARTS) is 1. The van der Waals surface area contributed by atoms with Crippen molar-refractivity contribution >= 4 is 36.3 Å². The van der Waals surface area contributed by atoms with Gasteiger partial charge in [-0.2, -0.15) is 0 Å². The lowest BCUT2D eigenvalue weighted by Gasteiger charge is -2.26. The molecular formula is C23H30O5Si. The van der Waals surface area contributed by atoms with Gasteiger partial charge in [-0.1, -0.05) is 55.5 Å². The van der Waals surface area contributed by atoms with Crippen LogP contribution in [0.25, 0.3) is 21.5 Å². The zero-order chi connectivity index (χ0) is 21.3. The minimum absolute atomic E-state index is 0.360. The second-order valence-electron chi connectivity index (χ2n) is 6.33. The van der Waals surface area contributed by atoms with Crippen molar-refractivity contribution in [3.63, 3.8) is 0 Å². The first-order valence-electron chi connectivity index (χ1n) is 10.1. The van der Waals surface area contributed by atoms with Crippen molar-refractivity contribution in [2.75, 3.05) is 19.8 Å². The van der Waals surface area contributed by atoms with Crippen LogP contribution in [0.2, 0.25) is 6.04 Å². The Kier molecular flexibility index (Phi) is 8.79. The van der Waals surface area contributed by atoms with Crippen LogP contribution in [0.5, 0.6) is 0 Å². The summed E-state index contributed by atoms with van der Waals surface area (Å²) < 4.78 is 16.7. The van der Waals surface area contributed by atoms with Gasteiger partial charge in [0.15, 0.2) is 0 Å². The molecule has 0 unspecified atom stereocenters. The highest BCUT2D eigenvalue weighted by molar-refractivity contribution is 6.60. The molecule has 3 rings (SSSR count). The predicted octanol–water partition coefficient (Wildman–Crippen LogP) is 5.75. The van der Waals surface area contributed by atoms with Crippen molar-refractivity contribution in [3.05, 3.63) is 60.2 Å². The van der Waals surface area contributed by atoms with E-state index in [1.807, 2.05) is 76.2 Å². The molecule has 3 aromatic carbocycles. The Morgan fingerprint density at radius 1 is 0.793 bits per heavy atom. The summed E-state index contributed by atoms with van der Waals surface area (Å²) in [7, 11) is -2.27. The molecule has 1 N–H and O–H groups in total. The Labute approximate surface area is 173 Å². The number of hydrogen-bond donors (Lipinski definition) is 1. The van der Waals surface area contributed by atoms with E-state index in [2.05, 4.69) is 0 Å². The summed E-state index contributed by atoms with van der Waals surface area (Å²) in [4.78, 5) is 11.3. The van der Waals surface area contributed by atoms with E-state index < -0.39 is 14.8 Å². The third-order valence-corrected chi connectivity index (χ3v) is 7.58. The van der Waals surface area contributed by atoms with Gasteiger partial charge in [0.25, 0.3) is 0 Å². The van der Waals surface area contributed by atoms with Crippen LogP contribution in [0.15, 0.2) is 54.6 Å². The Balaban J connectivity index is 0.000000223. The monoisotopic (exact) mass is 414 g/mol. The van der Waals surface area contributed by atoms with Crippen molar-refractivity contribution in [1.29, 1.82) is 0 Å². The van der Waals surface area contributed by atoms with E-state index in [0.717, 1.165) is 27.6 Å². The highest BCUT2D eigenvalue weighted by Crippen LogP contribution is 2.28. The molecule has 0 aliphatic heterocycles. The molecule has 0 aliphatic rings. The van der Waals surface area contributed by atoms with Crippen molar-refractivity contribution in [1.82, 2.24) is 0 Å². The Morgan fingerprint density at radius 3 is 1.76 bits per heavy atom. The molecule has 29 heavy (non-hydrogen) atoms. The summed E-state index contributed by atoms with van der Waals surface area (Å²) >= 11 is 0. The first-order chi connectivity index (χ1) is 14.0. The second kappa shape index (κ2) is 11.1. The topological polar surface area (TPSA) is 65.0 Å². The summed E-state index contributed by atoms with van der Waals surface area (Å²) in [6, 6.07) is 18.0. The van der Waals surface area contributed by atoms with Crippen LogP contribution in [-0.2, 0) is 13.3 Å². The molecule has 0 spiro atoms. The molecule has 0 radical (unpaired) electrons. The van der Waals surface area contributed by atoms with Crippen LogP contribution in [0.1, 0.15) is 38.1 Å². The third-order valence-electron chi connectivity index (χ3n) is 4.52. The summed E-state index contributed by atoms with van der Waals surface area (Å²) in [5.41, 5.74) is 0.360. The van der Waals surface area contributed by atoms with E-state index in [1.165, 1.54) is 0 Å². The number of carbonyl (C=O) groups is 1. The molecule has 0 atom stereocenters. The maximum atomic E-state index is 11.3. The fourth-order valence-electron chi connectivity index (χ4n) is 3.32. The smallest absolute Gasteiger partial charge is 0.478 e. The Morgan fingerprint density at radius 2 is 1.28 bits per heavy atom. The maximum Gasteiger partial charge on any atom is 0.500 e. The van der Waals surface area contributed by atoms with Gasteiger partial charge in [-0.25, -0.2) is 4.79 Å². The number of hydrogen-bond acceptors (Lipinski definition) is 4. The second-order valence-corrected chi connectivity index (χ2v) is 9.27. The van der Waals surface area contributed by atoms with Crippen LogP contribution in [0, 0.1) is 0 Å². The van der Waals surface area contributed by atoms with Crippen LogP contribution in [0.4, 0.5) is 0 Å². The molecule has 0 saturated carbocycles. The van der Waals surface area contributed by atoms with Gasteiger partial charge in [0.1, 0.15) is 0 Å². The fourth-order valence-corrected chi connectivity index (χ4v) is 5.50. The fraction of sp³-hybridized carbons (Fsp3) is 0.348. The molecule has 0 heterocycles. The normalized spacial score (nSPS) is 11.3. The van der Waals surface area contributed by atoms with Gasteiger partial charge in [-0.3, -0.25) is 0 Å². The number of benzene rings is 3. The molecule has 0 fully saturated rings. The van der Waals surface area contributed by atoms with Gasteiger partial charge in [0.2, 0.25) is 0 Å². The standard InChI is InChI=1S/C15H10O2.C8H20O3Si/c16-15(17)14-9-10-5-1-2-6-11(10)12-7-3-4-8-13(12)14;1-5-9-12(8-4,10-6-2)11-7-3/h1-9H,(H,16,17);5-8H2,1-4H3. The number of rotatable bonds is 8. The first-order valence-corrected chi connectivity index (χ1v) is 12.0. The van der Waals surface area contributed by atoms with Gasteiger partial charge >= 0.3 is 14.8 Å². The maximum absolute atomic E-state index is 11.3. The summed E-state index contributed by atoms with van der Waals surface area (Å²) in [5, 5.41) is 13.1. The molecule has 6 heteroatoms. The van der Waals surface area contributed by atoms with Gasteiger partial charge in [0.05, 0.1) is 5.56 Å². The van der Waals surface area contributed by atoms with E-state index in [4.69, 9.17) is 13.3 Å². The zero-order valence-corrected chi connectivity index (χ0v) is 18.6. The SMILES string of the molecule is CCO[Si](CC)(OCC)OCC.O=C(O)c1cc2ccccc2c2ccccc12. The van der Waals surface area contributed by atoms with Gasteiger partial charge in [-0.05, 0) is 48.4 Å². The van der Waals surface area contributed by atoms with E-state index in [-0.39, 0.29) is 0 Å². The van der Waals surface area contributed by atoms with Gasteiger partial charge in [0, 0.05) is 25.9 Å².